The number of rotatable bonds is 8. The number of hydrogen-bond donors (Lipinski definition) is 2. The molecule has 4 nitrogen and oxygen atoms in total. The lowest BCUT2D eigenvalue weighted by Gasteiger charge is -2.12. The standard InChI is InChI=1S/C17H30N4.HI/c1-14(2)7-5-6-10-20-17(18-4)21-12-9-16-8-11-19-13-15(16)3;/h8,11,13-14H,5-7,9-10,12H2,1-4H3,(H2,18,20,21);1H. The lowest BCUT2D eigenvalue weighted by molar-refractivity contribution is 0.534. The van der Waals surface area contributed by atoms with Gasteiger partial charge in [-0.25, -0.2) is 0 Å². The molecule has 0 amide bonds. The summed E-state index contributed by atoms with van der Waals surface area (Å²) in [5.41, 5.74) is 2.58. The molecule has 126 valence electrons. The number of aryl methyl sites for hydroxylation is 1. The van der Waals surface area contributed by atoms with Gasteiger partial charge in [0.05, 0.1) is 0 Å². The second-order valence-corrected chi connectivity index (χ2v) is 5.87. The zero-order chi connectivity index (χ0) is 15.5. The summed E-state index contributed by atoms with van der Waals surface area (Å²) in [6.45, 7) is 8.52. The molecule has 0 spiro atoms. The fraction of sp³-hybridized carbons (Fsp3) is 0.647. The number of nitrogens with one attached hydrogen (secondary N) is 2. The molecule has 0 atom stereocenters. The van der Waals surface area contributed by atoms with Crippen LogP contribution in [0.15, 0.2) is 23.5 Å². The number of hydrogen-bond acceptors (Lipinski definition) is 2. The van der Waals surface area contributed by atoms with E-state index >= 15 is 0 Å². The zero-order valence-corrected chi connectivity index (χ0v) is 16.7. The molecule has 1 aromatic rings. The summed E-state index contributed by atoms with van der Waals surface area (Å²) in [7, 11) is 1.82. The Balaban J connectivity index is 0.00000441. The van der Waals surface area contributed by atoms with Gasteiger partial charge in [-0.1, -0.05) is 26.7 Å². The van der Waals surface area contributed by atoms with Crippen LogP contribution >= 0.6 is 24.0 Å². The van der Waals surface area contributed by atoms with Gasteiger partial charge in [-0.15, -0.1) is 24.0 Å². The van der Waals surface area contributed by atoms with E-state index in [1.807, 2.05) is 19.4 Å². The highest BCUT2D eigenvalue weighted by Gasteiger charge is 2.00. The van der Waals surface area contributed by atoms with Gasteiger partial charge < -0.3 is 10.6 Å². The van der Waals surface area contributed by atoms with Crippen LogP contribution in [0.25, 0.3) is 0 Å². The second kappa shape index (κ2) is 12.7. The zero-order valence-electron chi connectivity index (χ0n) is 14.4. The van der Waals surface area contributed by atoms with Gasteiger partial charge in [0.2, 0.25) is 0 Å². The summed E-state index contributed by atoms with van der Waals surface area (Å²) in [6.07, 6.45) is 8.53. The van der Waals surface area contributed by atoms with Crippen molar-refractivity contribution in [2.24, 2.45) is 10.9 Å². The van der Waals surface area contributed by atoms with Crippen LogP contribution in [0.2, 0.25) is 0 Å². The largest absolute Gasteiger partial charge is 0.356 e. The molecule has 0 aromatic carbocycles. The molecule has 5 heteroatoms. The minimum Gasteiger partial charge on any atom is -0.356 e. The number of unbranched alkanes of at least 4 members (excludes halogenated alkanes) is 1. The normalized spacial score (nSPS) is 11.2. The SMILES string of the molecule is CN=C(NCCCCC(C)C)NCCc1ccncc1C.I. The molecule has 0 fully saturated rings. The van der Waals surface area contributed by atoms with E-state index in [1.54, 1.807) is 0 Å². The maximum absolute atomic E-state index is 4.26. The average molecular weight is 418 g/mol. The number of aromatic nitrogens is 1. The van der Waals surface area contributed by atoms with E-state index in [1.165, 1.54) is 30.4 Å². The Hall–Kier alpha value is -0.850. The fourth-order valence-corrected chi connectivity index (χ4v) is 2.20. The molecule has 0 saturated carbocycles. The predicted molar refractivity (Wildman–Crippen MR) is 106 cm³/mol. The molecule has 1 rings (SSSR count). The highest BCUT2D eigenvalue weighted by molar-refractivity contribution is 14.0. The monoisotopic (exact) mass is 418 g/mol. The van der Waals surface area contributed by atoms with Crippen LogP contribution < -0.4 is 10.6 Å². The van der Waals surface area contributed by atoms with Gasteiger partial charge in [0.15, 0.2) is 5.96 Å². The van der Waals surface area contributed by atoms with Crippen molar-refractivity contribution < 1.29 is 0 Å². The fourth-order valence-electron chi connectivity index (χ4n) is 2.20. The quantitative estimate of drug-likeness (QED) is 0.294. The number of aliphatic imine (C=N–C) groups is 1. The van der Waals surface area contributed by atoms with E-state index < -0.39 is 0 Å². The van der Waals surface area contributed by atoms with Gasteiger partial charge in [0.25, 0.3) is 0 Å². The Kier molecular flexibility index (Phi) is 12.2. The van der Waals surface area contributed by atoms with E-state index in [0.717, 1.165) is 31.4 Å². The van der Waals surface area contributed by atoms with E-state index in [4.69, 9.17) is 0 Å². The van der Waals surface area contributed by atoms with E-state index in [2.05, 4.69) is 47.4 Å². The van der Waals surface area contributed by atoms with Crippen molar-refractivity contribution in [1.29, 1.82) is 0 Å². The smallest absolute Gasteiger partial charge is 0.190 e. The second-order valence-electron chi connectivity index (χ2n) is 5.87. The van der Waals surface area contributed by atoms with Crippen molar-refractivity contribution in [3.63, 3.8) is 0 Å². The molecule has 0 aliphatic rings. The summed E-state index contributed by atoms with van der Waals surface area (Å²) in [4.78, 5) is 8.37. The maximum atomic E-state index is 4.26. The molecular weight excluding hydrogens is 387 g/mol. The van der Waals surface area contributed by atoms with Crippen LogP contribution in [0.3, 0.4) is 0 Å². The predicted octanol–water partition coefficient (Wildman–Crippen LogP) is 3.54. The first-order valence-corrected chi connectivity index (χ1v) is 7.97. The lowest BCUT2D eigenvalue weighted by Crippen LogP contribution is -2.38. The van der Waals surface area contributed by atoms with E-state index in [9.17, 15) is 0 Å². The molecule has 0 radical (unpaired) electrons. The topological polar surface area (TPSA) is 49.3 Å². The first-order chi connectivity index (χ1) is 10.1. The lowest BCUT2D eigenvalue weighted by atomic mass is 10.1. The number of nitrogens with zero attached hydrogens (tertiary/aromatic N) is 2. The molecule has 22 heavy (non-hydrogen) atoms. The summed E-state index contributed by atoms with van der Waals surface area (Å²) in [5, 5.41) is 6.73. The Morgan fingerprint density at radius 2 is 1.95 bits per heavy atom. The molecule has 2 N–H and O–H groups in total. The Morgan fingerprint density at radius 3 is 2.59 bits per heavy atom. The Labute approximate surface area is 152 Å². The first kappa shape index (κ1) is 21.1. The minimum absolute atomic E-state index is 0. The molecule has 1 aromatic heterocycles. The third-order valence-electron chi connectivity index (χ3n) is 3.55. The Morgan fingerprint density at radius 1 is 1.23 bits per heavy atom. The van der Waals surface area contributed by atoms with Gasteiger partial charge in [0.1, 0.15) is 0 Å². The van der Waals surface area contributed by atoms with Crippen molar-refractivity contribution in [3.05, 3.63) is 29.6 Å². The maximum Gasteiger partial charge on any atom is 0.190 e. The van der Waals surface area contributed by atoms with Crippen molar-refractivity contribution in [3.8, 4) is 0 Å². The van der Waals surface area contributed by atoms with Crippen LogP contribution in [0.5, 0.6) is 0 Å². The van der Waals surface area contributed by atoms with Gasteiger partial charge in [-0.3, -0.25) is 9.98 Å². The van der Waals surface area contributed by atoms with Gasteiger partial charge in [-0.05, 0) is 42.9 Å². The van der Waals surface area contributed by atoms with Crippen LogP contribution in [-0.4, -0.2) is 31.1 Å². The Bertz CT molecular complexity index is 432. The summed E-state index contributed by atoms with van der Waals surface area (Å²) >= 11 is 0. The van der Waals surface area contributed by atoms with Crippen LogP contribution in [0, 0.1) is 12.8 Å². The summed E-state index contributed by atoms with van der Waals surface area (Å²) in [6, 6.07) is 2.08. The van der Waals surface area contributed by atoms with E-state index in [0.29, 0.717) is 0 Å². The number of pyridine rings is 1. The molecule has 0 aliphatic carbocycles. The minimum atomic E-state index is 0. The molecule has 0 aliphatic heterocycles. The molecular formula is C17H31IN4. The third kappa shape index (κ3) is 9.23. The van der Waals surface area contributed by atoms with Crippen LogP contribution in [0.1, 0.15) is 44.2 Å². The average Bonchev–Trinajstić information content (AvgIpc) is 2.46. The third-order valence-corrected chi connectivity index (χ3v) is 3.55. The molecule has 0 bridgehead atoms. The van der Waals surface area contributed by atoms with E-state index in [-0.39, 0.29) is 24.0 Å². The van der Waals surface area contributed by atoms with Crippen molar-refractivity contribution >= 4 is 29.9 Å². The van der Waals surface area contributed by atoms with Crippen LogP contribution in [0.4, 0.5) is 0 Å². The highest BCUT2D eigenvalue weighted by atomic mass is 127. The first-order valence-electron chi connectivity index (χ1n) is 7.97. The van der Waals surface area contributed by atoms with Crippen molar-refractivity contribution in [2.45, 2.75) is 46.5 Å². The van der Waals surface area contributed by atoms with Gasteiger partial charge in [-0.2, -0.15) is 0 Å². The van der Waals surface area contributed by atoms with Crippen molar-refractivity contribution in [1.82, 2.24) is 15.6 Å². The van der Waals surface area contributed by atoms with Crippen LogP contribution in [-0.2, 0) is 6.42 Å². The number of guanidine groups is 1. The highest BCUT2D eigenvalue weighted by Crippen LogP contribution is 2.05. The molecule has 1 heterocycles. The van der Waals surface area contributed by atoms with Gasteiger partial charge in [0, 0.05) is 32.5 Å². The van der Waals surface area contributed by atoms with Gasteiger partial charge >= 0.3 is 0 Å². The molecule has 0 unspecified atom stereocenters. The molecule has 0 saturated heterocycles. The van der Waals surface area contributed by atoms with Crippen molar-refractivity contribution in [2.75, 3.05) is 20.1 Å². The number of halogens is 1. The summed E-state index contributed by atoms with van der Waals surface area (Å²) < 4.78 is 0. The summed E-state index contributed by atoms with van der Waals surface area (Å²) in [5.74, 6) is 1.69.